The van der Waals surface area contributed by atoms with E-state index in [1.165, 1.54) is 12.1 Å². The van der Waals surface area contributed by atoms with Gasteiger partial charge in [0, 0.05) is 23.5 Å². The van der Waals surface area contributed by atoms with Crippen molar-refractivity contribution < 1.29 is 14.0 Å². The van der Waals surface area contributed by atoms with Crippen LogP contribution in [0.4, 0.5) is 4.39 Å². The van der Waals surface area contributed by atoms with E-state index in [1.54, 1.807) is 17.0 Å². The highest BCUT2D eigenvalue weighted by Crippen LogP contribution is 2.48. The molecule has 6 heteroatoms. The first kappa shape index (κ1) is 19.5. The van der Waals surface area contributed by atoms with Crippen molar-refractivity contribution in [2.75, 3.05) is 13.1 Å². The van der Waals surface area contributed by atoms with Crippen molar-refractivity contribution in [3.63, 3.8) is 0 Å². The molecule has 0 heterocycles. The van der Waals surface area contributed by atoms with Crippen molar-refractivity contribution >= 4 is 27.7 Å². The van der Waals surface area contributed by atoms with E-state index in [4.69, 9.17) is 0 Å². The lowest BCUT2D eigenvalue weighted by Crippen LogP contribution is -2.41. The molecule has 1 aliphatic rings. The number of amides is 2. The number of hydrogen-bond donors (Lipinski definition) is 1. The summed E-state index contributed by atoms with van der Waals surface area (Å²) in [5.74, 6) is -0.318. The molecule has 0 spiro atoms. The number of carbonyl (C=O) groups excluding carboxylic acids is 2. The Bertz CT molecular complexity index is 825. The monoisotopic (exact) mass is 432 g/mol. The summed E-state index contributed by atoms with van der Waals surface area (Å²) in [5, 5.41) is 2.79. The summed E-state index contributed by atoms with van der Waals surface area (Å²) in [6.07, 6.45) is 0.822. The summed E-state index contributed by atoms with van der Waals surface area (Å²) in [6, 6.07) is 14.0. The van der Waals surface area contributed by atoms with Crippen LogP contribution in [0.5, 0.6) is 0 Å². The maximum atomic E-state index is 12.9. The molecule has 2 atom stereocenters. The highest BCUT2D eigenvalue weighted by Gasteiger charge is 2.45. The molecule has 1 saturated carbocycles. The Hall–Kier alpha value is -2.21. The second kappa shape index (κ2) is 8.65. The molecule has 3 rings (SSSR count). The third-order valence-electron chi connectivity index (χ3n) is 4.82. The largest absolute Gasteiger partial charge is 0.350 e. The molecule has 2 aromatic rings. The second-order valence-electron chi connectivity index (χ2n) is 6.76. The van der Waals surface area contributed by atoms with Gasteiger partial charge in [-0.3, -0.25) is 9.59 Å². The van der Waals surface area contributed by atoms with Crippen molar-refractivity contribution in [3.8, 4) is 0 Å². The number of likely N-dealkylation sites (N-methyl/N-ethyl adjacent to an activating group) is 1. The number of carbonyl (C=O) groups is 2. The normalized spacial score (nSPS) is 18.0. The van der Waals surface area contributed by atoms with Crippen LogP contribution in [0.1, 0.15) is 30.4 Å². The molecule has 0 radical (unpaired) electrons. The minimum absolute atomic E-state index is 0.0272. The average Bonchev–Trinajstić information content (AvgIpc) is 3.46. The van der Waals surface area contributed by atoms with Crippen molar-refractivity contribution in [3.05, 3.63) is 69.9 Å². The lowest BCUT2D eigenvalue weighted by molar-refractivity contribution is -0.137. The number of benzene rings is 2. The van der Waals surface area contributed by atoms with Crippen molar-refractivity contribution in [1.82, 2.24) is 10.2 Å². The molecule has 0 aliphatic heterocycles. The summed E-state index contributed by atoms with van der Waals surface area (Å²) < 4.78 is 13.9. The van der Waals surface area contributed by atoms with Gasteiger partial charge in [0.15, 0.2) is 0 Å². The zero-order valence-electron chi connectivity index (χ0n) is 15.1. The number of nitrogens with one attached hydrogen (secondary N) is 1. The smallest absolute Gasteiger partial charge is 0.239 e. The van der Waals surface area contributed by atoms with Crippen LogP contribution in [-0.4, -0.2) is 29.8 Å². The minimum Gasteiger partial charge on any atom is -0.350 e. The first-order chi connectivity index (χ1) is 13.0. The topological polar surface area (TPSA) is 49.4 Å². The number of nitrogens with zero attached hydrogens (tertiary/aromatic N) is 1. The van der Waals surface area contributed by atoms with Gasteiger partial charge >= 0.3 is 0 Å². The first-order valence-corrected chi connectivity index (χ1v) is 9.82. The van der Waals surface area contributed by atoms with Gasteiger partial charge < -0.3 is 10.2 Å². The Morgan fingerprint density at radius 1 is 1.22 bits per heavy atom. The average molecular weight is 433 g/mol. The van der Waals surface area contributed by atoms with E-state index in [-0.39, 0.29) is 36.0 Å². The third-order valence-corrected chi connectivity index (χ3v) is 5.31. The predicted octanol–water partition coefficient (Wildman–Crippen LogP) is 3.86. The molecule has 2 amide bonds. The van der Waals surface area contributed by atoms with E-state index in [0.29, 0.717) is 13.1 Å². The van der Waals surface area contributed by atoms with Crippen LogP contribution in [-0.2, 0) is 16.1 Å². The molecule has 1 N–H and O–H groups in total. The van der Waals surface area contributed by atoms with E-state index in [9.17, 15) is 14.0 Å². The van der Waals surface area contributed by atoms with Crippen molar-refractivity contribution in [1.29, 1.82) is 0 Å². The van der Waals surface area contributed by atoms with Crippen molar-refractivity contribution in [2.45, 2.75) is 25.8 Å². The Morgan fingerprint density at radius 3 is 2.63 bits per heavy atom. The van der Waals surface area contributed by atoms with Crippen LogP contribution in [0.25, 0.3) is 0 Å². The molecule has 0 aromatic heterocycles. The van der Waals surface area contributed by atoms with Gasteiger partial charge in [-0.1, -0.05) is 40.2 Å². The van der Waals surface area contributed by atoms with Gasteiger partial charge in [0.25, 0.3) is 0 Å². The summed E-state index contributed by atoms with van der Waals surface area (Å²) >= 11 is 3.46. The molecular weight excluding hydrogens is 411 g/mol. The zero-order valence-corrected chi connectivity index (χ0v) is 16.7. The Morgan fingerprint density at radius 2 is 1.96 bits per heavy atom. The molecule has 1 fully saturated rings. The van der Waals surface area contributed by atoms with Gasteiger partial charge in [0.1, 0.15) is 5.82 Å². The van der Waals surface area contributed by atoms with Crippen molar-refractivity contribution in [2.24, 2.45) is 5.92 Å². The van der Waals surface area contributed by atoms with Gasteiger partial charge in [0.05, 0.1) is 6.54 Å². The molecule has 4 nitrogen and oxygen atoms in total. The molecule has 0 saturated heterocycles. The fraction of sp³-hybridized carbons (Fsp3) is 0.333. The van der Waals surface area contributed by atoms with Crippen LogP contribution in [0.2, 0.25) is 0 Å². The van der Waals surface area contributed by atoms with E-state index >= 15 is 0 Å². The molecule has 2 aromatic carbocycles. The molecule has 2 unspecified atom stereocenters. The number of hydrogen-bond acceptors (Lipinski definition) is 2. The van der Waals surface area contributed by atoms with Gasteiger partial charge in [-0.2, -0.15) is 0 Å². The predicted molar refractivity (Wildman–Crippen MR) is 105 cm³/mol. The maximum absolute atomic E-state index is 12.9. The van der Waals surface area contributed by atoms with Gasteiger partial charge in [-0.15, -0.1) is 0 Å². The van der Waals surface area contributed by atoms with Crippen LogP contribution < -0.4 is 5.32 Å². The third kappa shape index (κ3) is 5.16. The first-order valence-electron chi connectivity index (χ1n) is 9.03. The Kier molecular flexibility index (Phi) is 6.26. The Balaban J connectivity index is 1.51. The summed E-state index contributed by atoms with van der Waals surface area (Å²) in [4.78, 5) is 26.6. The summed E-state index contributed by atoms with van der Waals surface area (Å²) in [5.41, 5.74) is 1.97. The van der Waals surface area contributed by atoms with Crippen LogP contribution in [0, 0.1) is 11.7 Å². The quantitative estimate of drug-likeness (QED) is 0.721. The Labute approximate surface area is 166 Å². The molecule has 1 aliphatic carbocycles. The fourth-order valence-electron chi connectivity index (χ4n) is 3.19. The summed E-state index contributed by atoms with van der Waals surface area (Å²) in [7, 11) is 0. The lowest BCUT2D eigenvalue weighted by atomic mass is 10.1. The van der Waals surface area contributed by atoms with Crippen LogP contribution in [0.3, 0.4) is 0 Å². The number of rotatable bonds is 7. The minimum atomic E-state index is -0.308. The fourth-order valence-corrected chi connectivity index (χ4v) is 3.60. The molecule has 0 bridgehead atoms. The van der Waals surface area contributed by atoms with E-state index < -0.39 is 0 Å². The number of halogens is 2. The van der Waals surface area contributed by atoms with Gasteiger partial charge in [0.2, 0.25) is 11.8 Å². The van der Waals surface area contributed by atoms with Gasteiger partial charge in [-0.25, -0.2) is 4.39 Å². The molecule has 142 valence electrons. The molecule has 27 heavy (non-hydrogen) atoms. The SMILES string of the molecule is CCN(CC(=O)NCc1ccc(F)cc1)C(=O)C1CC1c1cccc(Br)c1. The van der Waals surface area contributed by atoms with Crippen LogP contribution >= 0.6 is 15.9 Å². The van der Waals surface area contributed by atoms with E-state index in [0.717, 1.165) is 22.0 Å². The standard InChI is InChI=1S/C21H22BrFN2O2/c1-2-25(13-20(26)24-12-14-6-8-17(23)9-7-14)21(27)19-11-18(19)15-4-3-5-16(22)10-15/h3-10,18-19H,2,11-13H2,1H3,(H,24,26). The highest BCUT2D eigenvalue weighted by atomic mass is 79.9. The highest BCUT2D eigenvalue weighted by molar-refractivity contribution is 9.10. The maximum Gasteiger partial charge on any atom is 0.239 e. The summed E-state index contributed by atoms with van der Waals surface area (Å²) in [6.45, 7) is 2.72. The van der Waals surface area contributed by atoms with Crippen LogP contribution in [0.15, 0.2) is 53.0 Å². The van der Waals surface area contributed by atoms with E-state index in [1.807, 2.05) is 31.2 Å². The van der Waals surface area contributed by atoms with E-state index in [2.05, 4.69) is 21.2 Å². The lowest BCUT2D eigenvalue weighted by Gasteiger charge is -2.20. The molecular formula is C21H22BrFN2O2. The zero-order chi connectivity index (χ0) is 19.4. The van der Waals surface area contributed by atoms with Gasteiger partial charge in [-0.05, 0) is 54.7 Å². The second-order valence-corrected chi connectivity index (χ2v) is 7.67.